The van der Waals surface area contributed by atoms with E-state index in [1.54, 1.807) is 17.0 Å². The summed E-state index contributed by atoms with van der Waals surface area (Å²) in [7, 11) is 0. The number of anilines is 1. The second-order valence-electron chi connectivity index (χ2n) is 5.83. The van der Waals surface area contributed by atoms with Gasteiger partial charge in [-0.1, -0.05) is 11.6 Å². The Bertz CT molecular complexity index is 746. The quantitative estimate of drug-likeness (QED) is 0.861. The van der Waals surface area contributed by atoms with Crippen LogP contribution in [0.5, 0.6) is 5.75 Å². The van der Waals surface area contributed by atoms with Gasteiger partial charge in [0, 0.05) is 17.8 Å². The minimum Gasteiger partial charge on any atom is -0.484 e. The molecule has 1 aromatic carbocycles. The standard InChI is InChI=1S/C18H19ClN2O2/c1-12-8-17-16(20-10-12)4-3-7-21(17)18(22)11-23-14-5-6-15(19)13(2)9-14/h5-6,8-10H,3-4,7,11H2,1-2H3. The number of amides is 1. The lowest BCUT2D eigenvalue weighted by Gasteiger charge is -2.29. The van der Waals surface area contributed by atoms with Crippen LogP contribution in [-0.4, -0.2) is 24.0 Å². The minimum absolute atomic E-state index is 0.00839. The highest BCUT2D eigenvalue weighted by Gasteiger charge is 2.23. The summed E-state index contributed by atoms with van der Waals surface area (Å²) in [6.45, 7) is 4.61. The molecule has 2 aromatic rings. The van der Waals surface area contributed by atoms with Crippen molar-refractivity contribution in [3.8, 4) is 5.75 Å². The normalized spacial score (nSPS) is 13.6. The van der Waals surface area contributed by atoms with E-state index >= 15 is 0 Å². The Morgan fingerprint density at radius 2 is 2.17 bits per heavy atom. The van der Waals surface area contributed by atoms with Gasteiger partial charge < -0.3 is 9.64 Å². The van der Waals surface area contributed by atoms with Gasteiger partial charge in [-0.2, -0.15) is 0 Å². The molecule has 0 fully saturated rings. The number of carbonyl (C=O) groups excluding carboxylic acids is 1. The van der Waals surface area contributed by atoms with Crippen molar-refractivity contribution >= 4 is 23.2 Å². The predicted octanol–water partition coefficient (Wildman–Crippen LogP) is 3.71. The van der Waals surface area contributed by atoms with Gasteiger partial charge in [0.15, 0.2) is 6.61 Å². The second-order valence-corrected chi connectivity index (χ2v) is 6.23. The van der Waals surface area contributed by atoms with Crippen LogP contribution in [0.15, 0.2) is 30.5 Å². The van der Waals surface area contributed by atoms with E-state index in [1.165, 1.54) is 0 Å². The molecule has 1 aromatic heterocycles. The number of hydrogen-bond donors (Lipinski definition) is 0. The van der Waals surface area contributed by atoms with Crippen LogP contribution >= 0.6 is 11.6 Å². The van der Waals surface area contributed by atoms with E-state index in [0.29, 0.717) is 17.3 Å². The number of ether oxygens (including phenoxy) is 1. The number of pyridine rings is 1. The number of nitrogens with zero attached hydrogens (tertiary/aromatic N) is 2. The van der Waals surface area contributed by atoms with Gasteiger partial charge in [0.2, 0.25) is 0 Å². The lowest BCUT2D eigenvalue weighted by atomic mass is 10.1. The number of fused-ring (bicyclic) bond motifs is 1. The number of aromatic nitrogens is 1. The molecule has 120 valence electrons. The van der Waals surface area contributed by atoms with Crippen LogP contribution in [0.1, 0.15) is 23.2 Å². The molecule has 4 nitrogen and oxygen atoms in total. The third kappa shape index (κ3) is 3.48. The largest absolute Gasteiger partial charge is 0.484 e. The topological polar surface area (TPSA) is 42.4 Å². The molecule has 2 heterocycles. The van der Waals surface area contributed by atoms with Crippen LogP contribution < -0.4 is 9.64 Å². The highest BCUT2D eigenvalue weighted by atomic mass is 35.5. The van der Waals surface area contributed by atoms with Crippen molar-refractivity contribution in [2.75, 3.05) is 18.1 Å². The molecule has 0 spiro atoms. The number of hydrogen-bond acceptors (Lipinski definition) is 3. The molecule has 0 saturated heterocycles. The fourth-order valence-corrected chi connectivity index (χ4v) is 2.84. The van der Waals surface area contributed by atoms with Gasteiger partial charge in [-0.25, -0.2) is 0 Å². The van der Waals surface area contributed by atoms with Gasteiger partial charge in [-0.05, 0) is 62.1 Å². The van der Waals surface area contributed by atoms with Crippen molar-refractivity contribution in [3.05, 3.63) is 52.3 Å². The van der Waals surface area contributed by atoms with Crippen molar-refractivity contribution in [1.29, 1.82) is 0 Å². The number of aryl methyl sites for hydroxylation is 3. The maximum Gasteiger partial charge on any atom is 0.264 e. The van der Waals surface area contributed by atoms with E-state index < -0.39 is 0 Å². The summed E-state index contributed by atoms with van der Waals surface area (Å²) in [6.07, 6.45) is 3.69. The van der Waals surface area contributed by atoms with Gasteiger partial charge in [-0.3, -0.25) is 9.78 Å². The van der Waals surface area contributed by atoms with Crippen molar-refractivity contribution in [3.63, 3.8) is 0 Å². The summed E-state index contributed by atoms with van der Waals surface area (Å²) in [5.74, 6) is 0.603. The average molecular weight is 331 g/mol. The van der Waals surface area contributed by atoms with E-state index in [1.807, 2.05) is 32.2 Å². The minimum atomic E-state index is -0.0500. The molecule has 23 heavy (non-hydrogen) atoms. The Balaban J connectivity index is 1.72. The third-order valence-electron chi connectivity index (χ3n) is 3.96. The molecule has 1 aliphatic heterocycles. The molecule has 0 unspecified atom stereocenters. The van der Waals surface area contributed by atoms with Crippen molar-refractivity contribution < 1.29 is 9.53 Å². The zero-order valence-corrected chi connectivity index (χ0v) is 14.1. The Kier molecular flexibility index (Phi) is 4.53. The lowest BCUT2D eigenvalue weighted by Crippen LogP contribution is -2.39. The van der Waals surface area contributed by atoms with E-state index in [0.717, 1.165) is 35.3 Å². The molecular formula is C18H19ClN2O2. The van der Waals surface area contributed by atoms with Crippen LogP contribution in [-0.2, 0) is 11.2 Å². The molecule has 0 N–H and O–H groups in total. The highest BCUT2D eigenvalue weighted by Crippen LogP contribution is 2.27. The Labute approximate surface area is 141 Å². The van der Waals surface area contributed by atoms with Crippen LogP contribution in [0, 0.1) is 13.8 Å². The molecule has 1 aliphatic rings. The fourth-order valence-electron chi connectivity index (χ4n) is 2.72. The number of benzene rings is 1. The maximum atomic E-state index is 12.5. The van der Waals surface area contributed by atoms with E-state index in [-0.39, 0.29) is 12.5 Å². The monoisotopic (exact) mass is 330 g/mol. The first-order valence-electron chi connectivity index (χ1n) is 7.69. The molecule has 0 atom stereocenters. The third-order valence-corrected chi connectivity index (χ3v) is 4.39. The first kappa shape index (κ1) is 15.8. The van der Waals surface area contributed by atoms with Gasteiger partial charge in [0.1, 0.15) is 5.75 Å². The number of carbonyl (C=O) groups is 1. The van der Waals surface area contributed by atoms with E-state index in [2.05, 4.69) is 4.98 Å². The van der Waals surface area contributed by atoms with Crippen molar-refractivity contribution in [1.82, 2.24) is 4.98 Å². The van der Waals surface area contributed by atoms with Crippen LogP contribution in [0.2, 0.25) is 5.02 Å². The average Bonchev–Trinajstić information content (AvgIpc) is 2.55. The summed E-state index contributed by atoms with van der Waals surface area (Å²) in [5, 5.41) is 0.690. The molecule has 0 radical (unpaired) electrons. The van der Waals surface area contributed by atoms with E-state index in [9.17, 15) is 4.79 Å². The van der Waals surface area contributed by atoms with Crippen molar-refractivity contribution in [2.45, 2.75) is 26.7 Å². The molecule has 0 saturated carbocycles. The molecule has 0 bridgehead atoms. The van der Waals surface area contributed by atoms with Crippen molar-refractivity contribution in [2.24, 2.45) is 0 Å². The first-order chi connectivity index (χ1) is 11.0. The number of halogens is 1. The molecule has 1 amide bonds. The van der Waals surface area contributed by atoms with Gasteiger partial charge >= 0.3 is 0 Å². The summed E-state index contributed by atoms with van der Waals surface area (Å²) in [4.78, 5) is 18.8. The molecular weight excluding hydrogens is 312 g/mol. The molecule has 0 aliphatic carbocycles. The summed E-state index contributed by atoms with van der Waals surface area (Å²) in [6, 6.07) is 7.41. The smallest absolute Gasteiger partial charge is 0.264 e. The Hall–Kier alpha value is -2.07. The predicted molar refractivity (Wildman–Crippen MR) is 91.3 cm³/mol. The SMILES string of the molecule is Cc1cnc2c(c1)N(C(=O)COc1ccc(Cl)c(C)c1)CCC2. The van der Waals surface area contributed by atoms with Crippen LogP contribution in [0.25, 0.3) is 0 Å². The second kappa shape index (κ2) is 6.59. The Morgan fingerprint density at radius 1 is 1.35 bits per heavy atom. The van der Waals surface area contributed by atoms with Gasteiger partial charge in [-0.15, -0.1) is 0 Å². The van der Waals surface area contributed by atoms with Crippen LogP contribution in [0.3, 0.4) is 0 Å². The summed E-state index contributed by atoms with van der Waals surface area (Å²) >= 11 is 6.00. The highest BCUT2D eigenvalue weighted by molar-refractivity contribution is 6.31. The van der Waals surface area contributed by atoms with Gasteiger partial charge in [0.25, 0.3) is 5.91 Å². The summed E-state index contributed by atoms with van der Waals surface area (Å²) in [5.41, 5.74) is 3.88. The van der Waals surface area contributed by atoms with Gasteiger partial charge in [0.05, 0.1) is 11.4 Å². The zero-order valence-electron chi connectivity index (χ0n) is 13.3. The maximum absolute atomic E-state index is 12.5. The molecule has 5 heteroatoms. The first-order valence-corrected chi connectivity index (χ1v) is 8.07. The van der Waals surface area contributed by atoms with E-state index in [4.69, 9.17) is 16.3 Å². The lowest BCUT2D eigenvalue weighted by molar-refractivity contribution is -0.120. The zero-order chi connectivity index (χ0) is 16.4. The van der Waals surface area contributed by atoms with Crippen LogP contribution in [0.4, 0.5) is 5.69 Å². The number of rotatable bonds is 3. The fraction of sp³-hybridized carbons (Fsp3) is 0.333. The summed E-state index contributed by atoms with van der Waals surface area (Å²) < 4.78 is 5.63. The molecule has 3 rings (SSSR count). The Morgan fingerprint density at radius 3 is 2.96 bits per heavy atom.